The number of sulfone groups is 1. The standard InChI is InChI=1S/C31H23ClN6O19S6/c32-30-34-29(35-31(36-30)33-16-4-6-17(7-5-16)58(40,41)11-10-57-63(54,55)56)21-14-18(59(42,43)44)12-15-13-24(61(48,49)50)26(27(39)25(15)21)38-37-22-9-8-19-20(28(22)62(51,52)53)2-1-3-23(19)60(45,46)47/h1-9,12-14,39H,10-11H2,(H,42,43,44)(H,45,46,47)(H,48,49,50)(H,51,52,53)(H,54,55,56)(H,33,34,35,36). The zero-order chi connectivity index (χ0) is 46.7. The first kappa shape index (κ1) is 47.1. The first-order valence-corrected chi connectivity index (χ1v) is 25.4. The molecule has 1 heterocycles. The second-order valence-electron chi connectivity index (χ2n) is 12.5. The van der Waals surface area contributed by atoms with E-state index in [0.29, 0.717) is 18.2 Å². The largest absolute Gasteiger partial charge is 0.505 e. The molecule has 5 aromatic carbocycles. The number of halogens is 1. The van der Waals surface area contributed by atoms with E-state index in [1.165, 1.54) is 12.1 Å². The van der Waals surface area contributed by atoms with Crippen LogP contribution in [0.15, 0.2) is 108 Å². The van der Waals surface area contributed by atoms with Crippen LogP contribution in [-0.2, 0) is 64.9 Å². The van der Waals surface area contributed by atoms with Crippen molar-refractivity contribution in [3.8, 4) is 17.1 Å². The molecule has 0 aliphatic carbocycles. The molecule has 0 unspecified atom stereocenters. The summed E-state index contributed by atoms with van der Waals surface area (Å²) in [6.45, 7) is -0.903. The number of hydrogen-bond acceptors (Lipinski definition) is 20. The summed E-state index contributed by atoms with van der Waals surface area (Å²) in [4.78, 5) is 7.50. The third-order valence-electron chi connectivity index (χ3n) is 8.35. The Labute approximate surface area is 360 Å². The molecule has 0 aliphatic rings. The van der Waals surface area contributed by atoms with Gasteiger partial charge in [-0.3, -0.25) is 22.8 Å². The zero-order valence-corrected chi connectivity index (χ0v) is 36.1. The van der Waals surface area contributed by atoms with Gasteiger partial charge in [0.15, 0.2) is 21.4 Å². The number of benzene rings is 5. The third-order valence-corrected chi connectivity index (χ3v) is 14.2. The van der Waals surface area contributed by atoms with Gasteiger partial charge >= 0.3 is 10.4 Å². The smallest absolute Gasteiger partial charge is 0.397 e. The lowest BCUT2D eigenvalue weighted by atomic mass is 10.0. The van der Waals surface area contributed by atoms with E-state index in [1.807, 2.05) is 0 Å². The Kier molecular flexibility index (Phi) is 12.4. The lowest BCUT2D eigenvalue weighted by Crippen LogP contribution is -2.15. The molecule has 0 aliphatic heterocycles. The normalized spacial score (nSPS) is 13.2. The molecule has 32 heteroatoms. The Morgan fingerprint density at radius 3 is 1.89 bits per heavy atom. The van der Waals surface area contributed by atoms with Crippen LogP contribution in [0.1, 0.15) is 0 Å². The summed E-state index contributed by atoms with van der Waals surface area (Å²) in [5, 5.41) is 18.9. The number of rotatable bonds is 14. The van der Waals surface area contributed by atoms with Crippen molar-refractivity contribution in [3.05, 3.63) is 78.1 Å². The Bertz CT molecular complexity index is 3630. The lowest BCUT2D eigenvalue weighted by Gasteiger charge is -2.14. The van der Waals surface area contributed by atoms with E-state index in [4.69, 9.17) is 16.2 Å². The van der Waals surface area contributed by atoms with Crippen molar-refractivity contribution in [1.82, 2.24) is 15.0 Å². The highest BCUT2D eigenvalue weighted by Gasteiger charge is 2.29. The van der Waals surface area contributed by atoms with Gasteiger partial charge in [-0.1, -0.05) is 18.2 Å². The number of azo groups is 1. The van der Waals surface area contributed by atoms with Crippen molar-refractivity contribution >= 4 is 117 Å². The van der Waals surface area contributed by atoms with Gasteiger partial charge in [0.05, 0.1) is 22.2 Å². The van der Waals surface area contributed by atoms with Gasteiger partial charge < -0.3 is 10.4 Å². The maximum Gasteiger partial charge on any atom is 0.397 e. The fourth-order valence-corrected chi connectivity index (χ4v) is 10.2. The fraction of sp³-hybridized carbons (Fsp3) is 0.0645. The van der Waals surface area contributed by atoms with Gasteiger partial charge in [-0.2, -0.15) is 57.0 Å². The first-order valence-electron chi connectivity index (χ1n) is 16.3. The summed E-state index contributed by atoms with van der Waals surface area (Å²) in [5.41, 5.74) is -2.45. The number of aromatic nitrogens is 3. The van der Waals surface area contributed by atoms with Crippen molar-refractivity contribution in [3.63, 3.8) is 0 Å². The van der Waals surface area contributed by atoms with Crippen LogP contribution in [0.3, 0.4) is 0 Å². The SMILES string of the molecule is O=S(=O)(O)OCCS(=O)(=O)c1ccc(Nc2nc(Cl)nc(-c3cc(S(=O)(=O)O)cc4cc(S(=O)(=O)O)c(N=Nc5ccc6c(S(=O)(=O)O)cccc6c5S(=O)(=O)O)c(O)c34)n2)cc1. The van der Waals surface area contributed by atoms with Crippen LogP contribution in [0.4, 0.5) is 23.0 Å². The zero-order valence-electron chi connectivity index (χ0n) is 30.4. The molecule has 7 N–H and O–H groups in total. The summed E-state index contributed by atoms with van der Waals surface area (Å²) < 4.78 is 199. The van der Waals surface area contributed by atoms with Gasteiger partial charge in [0.25, 0.3) is 40.5 Å². The average Bonchev–Trinajstić information content (AvgIpc) is 3.14. The molecule has 63 heavy (non-hydrogen) atoms. The summed E-state index contributed by atoms with van der Waals surface area (Å²) in [7, 11) is -30.0. The van der Waals surface area contributed by atoms with Crippen LogP contribution in [0, 0.1) is 0 Å². The highest BCUT2D eigenvalue weighted by atomic mass is 35.5. The van der Waals surface area contributed by atoms with Crippen molar-refractivity contribution in [1.29, 1.82) is 0 Å². The van der Waals surface area contributed by atoms with Gasteiger partial charge in [0.1, 0.15) is 26.1 Å². The monoisotopic (exact) mass is 1010 g/mol. The van der Waals surface area contributed by atoms with E-state index >= 15 is 0 Å². The molecule has 0 atom stereocenters. The highest BCUT2D eigenvalue weighted by Crippen LogP contribution is 2.46. The van der Waals surface area contributed by atoms with Crippen molar-refractivity contribution in [2.75, 3.05) is 17.7 Å². The lowest BCUT2D eigenvalue weighted by molar-refractivity contribution is 0.284. The predicted octanol–water partition coefficient (Wildman–Crippen LogP) is 3.94. The molecule has 0 spiro atoms. The van der Waals surface area contributed by atoms with Crippen LogP contribution in [0.2, 0.25) is 5.28 Å². The predicted molar refractivity (Wildman–Crippen MR) is 216 cm³/mol. The second-order valence-corrected chi connectivity index (χ2v) is 21.6. The van der Waals surface area contributed by atoms with Crippen LogP contribution < -0.4 is 5.32 Å². The van der Waals surface area contributed by atoms with Crippen molar-refractivity contribution < 1.29 is 82.6 Å². The van der Waals surface area contributed by atoms with Gasteiger partial charge in [0.2, 0.25) is 11.2 Å². The van der Waals surface area contributed by atoms with Gasteiger partial charge in [0, 0.05) is 27.4 Å². The molecular formula is C31H23ClN6O19S6. The molecule has 1 aromatic heterocycles. The molecule has 6 rings (SSSR count). The van der Waals surface area contributed by atoms with Gasteiger partial charge in [-0.15, -0.1) is 10.2 Å². The molecule has 0 fully saturated rings. The van der Waals surface area contributed by atoms with E-state index in [0.717, 1.165) is 42.5 Å². The molecule has 334 valence electrons. The highest BCUT2D eigenvalue weighted by molar-refractivity contribution is 7.91. The van der Waals surface area contributed by atoms with Crippen LogP contribution in [0.25, 0.3) is 32.9 Å². The van der Waals surface area contributed by atoms with Crippen LogP contribution in [-0.4, -0.2) is 106 Å². The molecule has 6 aromatic rings. The molecule has 0 saturated carbocycles. The summed E-state index contributed by atoms with van der Waals surface area (Å²) in [5.74, 6) is -3.14. The minimum Gasteiger partial charge on any atom is -0.505 e. The number of anilines is 2. The van der Waals surface area contributed by atoms with E-state index < -0.39 is 154 Å². The van der Waals surface area contributed by atoms with Crippen molar-refractivity contribution in [2.24, 2.45) is 10.2 Å². The summed E-state index contributed by atoms with van der Waals surface area (Å²) >= 11 is 6.17. The van der Waals surface area contributed by atoms with E-state index in [9.17, 15) is 73.8 Å². The molecule has 0 radical (unpaired) electrons. The van der Waals surface area contributed by atoms with Crippen molar-refractivity contribution in [2.45, 2.75) is 24.5 Å². The second kappa shape index (κ2) is 16.6. The number of aromatic hydroxyl groups is 1. The number of phenolic OH excluding ortho intramolecular Hbond substituents is 1. The first-order chi connectivity index (χ1) is 28.9. The minimum absolute atomic E-state index is 0.0726. The van der Waals surface area contributed by atoms with Crippen LogP contribution in [0.5, 0.6) is 5.75 Å². The Morgan fingerprint density at radius 2 is 1.30 bits per heavy atom. The number of fused-ring (bicyclic) bond motifs is 2. The molecule has 0 bridgehead atoms. The molecule has 0 amide bonds. The molecule has 0 saturated heterocycles. The average molecular weight is 1010 g/mol. The van der Waals surface area contributed by atoms with E-state index in [1.54, 1.807) is 0 Å². The number of phenols is 1. The Hall–Kier alpha value is -5.42. The topological polar surface area (TPSA) is 411 Å². The van der Waals surface area contributed by atoms with Gasteiger partial charge in [-0.25, -0.2) is 12.6 Å². The number of nitrogens with zero attached hydrogens (tertiary/aromatic N) is 5. The van der Waals surface area contributed by atoms with E-state index in [-0.39, 0.29) is 10.6 Å². The van der Waals surface area contributed by atoms with Crippen LogP contribution >= 0.6 is 11.6 Å². The Balaban J connectivity index is 1.52. The maximum atomic E-state index is 12.7. The third kappa shape index (κ3) is 10.5. The minimum atomic E-state index is -5.48. The number of nitrogens with one attached hydrogen (secondary N) is 1. The fourth-order valence-electron chi connectivity index (χ4n) is 5.81. The Morgan fingerprint density at radius 1 is 0.651 bits per heavy atom. The summed E-state index contributed by atoms with van der Waals surface area (Å²) in [6, 6.07) is 11.1. The molecule has 25 nitrogen and oxygen atoms in total. The maximum absolute atomic E-state index is 12.7. The van der Waals surface area contributed by atoms with Gasteiger partial charge in [-0.05, 0) is 71.6 Å². The summed E-state index contributed by atoms with van der Waals surface area (Å²) in [6.07, 6.45) is 0. The number of hydrogen-bond donors (Lipinski definition) is 7. The molecular weight excluding hydrogens is 988 g/mol. The quantitative estimate of drug-likeness (QED) is 0.0600. The van der Waals surface area contributed by atoms with E-state index in [2.05, 4.69) is 34.7 Å².